The van der Waals surface area contributed by atoms with E-state index in [1.807, 2.05) is 6.92 Å². The number of benzene rings is 2. The number of nitrogens with two attached hydrogens (primary N) is 3. The normalized spacial score (nSPS) is 10.7. The van der Waals surface area contributed by atoms with Crippen LogP contribution >= 0.6 is 0 Å². The largest absolute Gasteiger partial charge is 0.494 e. The fraction of sp³-hybridized carbons (Fsp3) is 0.250. The van der Waals surface area contributed by atoms with Crippen LogP contribution in [0.5, 0.6) is 5.75 Å². The molecule has 0 heterocycles. The van der Waals surface area contributed by atoms with Crippen LogP contribution < -0.4 is 27.3 Å². The van der Waals surface area contributed by atoms with Gasteiger partial charge in [0.25, 0.3) is 5.91 Å². The molecule has 0 aliphatic rings. The van der Waals surface area contributed by atoms with E-state index < -0.39 is 17.5 Å². The Labute approximate surface area is 163 Å². The van der Waals surface area contributed by atoms with Gasteiger partial charge in [-0.15, -0.1) is 0 Å². The van der Waals surface area contributed by atoms with Gasteiger partial charge in [0.15, 0.2) is 11.6 Å². The first-order valence-electron chi connectivity index (χ1n) is 8.64. The van der Waals surface area contributed by atoms with Crippen molar-refractivity contribution in [1.82, 2.24) is 5.32 Å². The molecule has 2 rings (SSSR count). The number of hydrogen-bond donors (Lipinski definition) is 4. The second-order valence-corrected chi connectivity index (χ2v) is 5.60. The number of nitrogens with one attached hydrogen (secondary N) is 1. The highest BCUT2D eigenvalue weighted by molar-refractivity contribution is 5.98. The Balaban J connectivity index is 0.00000190. The first-order chi connectivity index (χ1) is 13.4. The zero-order chi connectivity index (χ0) is 21.3. The third-order valence-corrected chi connectivity index (χ3v) is 3.79. The molecule has 0 spiro atoms. The lowest BCUT2D eigenvalue weighted by molar-refractivity contribution is -0.117. The van der Waals surface area contributed by atoms with E-state index in [9.17, 15) is 13.6 Å². The highest BCUT2D eigenvalue weighted by Gasteiger charge is 2.18. The monoisotopic (exact) mass is 392 g/mol. The molecule has 8 heteroatoms. The van der Waals surface area contributed by atoms with E-state index in [4.69, 9.17) is 16.2 Å². The van der Waals surface area contributed by atoms with Gasteiger partial charge in [0.1, 0.15) is 5.82 Å². The van der Waals surface area contributed by atoms with Crippen LogP contribution in [0.25, 0.3) is 17.2 Å². The molecule has 0 atom stereocenters. The summed E-state index contributed by atoms with van der Waals surface area (Å²) in [6.45, 7) is 2.39. The first kappa shape index (κ1) is 22.9. The SMILES string of the molecule is CCCNC(=O)/C(N)=C/c1ccc(F)c(-c2cccc(OC)c2F)c1N.CN. The van der Waals surface area contributed by atoms with Gasteiger partial charge in [-0.05, 0) is 37.7 Å². The number of nitrogen functional groups attached to an aromatic ring is 1. The van der Waals surface area contributed by atoms with E-state index in [1.165, 1.54) is 44.5 Å². The molecule has 0 radical (unpaired) electrons. The number of anilines is 1. The van der Waals surface area contributed by atoms with E-state index in [2.05, 4.69) is 11.1 Å². The number of carbonyl (C=O) groups excluding carboxylic acids is 1. The molecule has 0 aliphatic heterocycles. The molecule has 152 valence electrons. The maximum atomic E-state index is 14.5. The average molecular weight is 392 g/mol. The van der Waals surface area contributed by atoms with Crippen LogP contribution in [0, 0.1) is 11.6 Å². The summed E-state index contributed by atoms with van der Waals surface area (Å²) in [5, 5.41) is 2.63. The third kappa shape index (κ3) is 5.20. The molecule has 1 amide bonds. The highest BCUT2D eigenvalue weighted by atomic mass is 19.1. The third-order valence-electron chi connectivity index (χ3n) is 3.79. The number of ether oxygens (including phenoxy) is 1. The highest BCUT2D eigenvalue weighted by Crippen LogP contribution is 2.36. The molecule has 6 nitrogen and oxygen atoms in total. The molecule has 0 saturated heterocycles. The fourth-order valence-electron chi connectivity index (χ4n) is 2.44. The lowest BCUT2D eigenvalue weighted by Crippen LogP contribution is -2.29. The van der Waals surface area contributed by atoms with E-state index in [-0.39, 0.29) is 28.3 Å². The summed E-state index contributed by atoms with van der Waals surface area (Å²) in [4.78, 5) is 11.9. The minimum atomic E-state index is -0.726. The summed E-state index contributed by atoms with van der Waals surface area (Å²) >= 11 is 0. The summed E-state index contributed by atoms with van der Waals surface area (Å²) in [5.74, 6) is -1.90. The Bertz CT molecular complexity index is 854. The average Bonchev–Trinajstić information content (AvgIpc) is 2.71. The molecular formula is C20H26F2N4O2. The van der Waals surface area contributed by atoms with Crippen molar-refractivity contribution in [1.29, 1.82) is 0 Å². The lowest BCUT2D eigenvalue weighted by atomic mass is 9.98. The van der Waals surface area contributed by atoms with Gasteiger partial charge in [0.05, 0.1) is 12.8 Å². The van der Waals surface area contributed by atoms with Crippen LogP contribution in [0.1, 0.15) is 18.9 Å². The first-order valence-corrected chi connectivity index (χ1v) is 8.64. The van der Waals surface area contributed by atoms with Crippen LogP contribution in [0.15, 0.2) is 36.0 Å². The Morgan fingerprint density at radius 3 is 2.50 bits per heavy atom. The maximum Gasteiger partial charge on any atom is 0.267 e. The summed E-state index contributed by atoms with van der Waals surface area (Å²) in [5.41, 5.74) is 16.4. The summed E-state index contributed by atoms with van der Waals surface area (Å²) in [6, 6.07) is 6.88. The lowest BCUT2D eigenvalue weighted by Gasteiger charge is -2.13. The summed E-state index contributed by atoms with van der Waals surface area (Å²) in [7, 11) is 2.82. The van der Waals surface area contributed by atoms with Crippen LogP contribution in [0.2, 0.25) is 0 Å². The minimum absolute atomic E-state index is 0.0246. The van der Waals surface area contributed by atoms with Gasteiger partial charge in [0, 0.05) is 28.9 Å². The minimum Gasteiger partial charge on any atom is -0.494 e. The molecule has 0 saturated carbocycles. The predicted molar refractivity (Wildman–Crippen MR) is 108 cm³/mol. The van der Waals surface area contributed by atoms with Crippen molar-refractivity contribution in [3.05, 3.63) is 53.2 Å². The van der Waals surface area contributed by atoms with Crippen molar-refractivity contribution in [2.24, 2.45) is 11.5 Å². The van der Waals surface area contributed by atoms with E-state index in [0.717, 1.165) is 12.5 Å². The van der Waals surface area contributed by atoms with Gasteiger partial charge < -0.3 is 27.3 Å². The molecule has 7 N–H and O–H groups in total. The Morgan fingerprint density at radius 1 is 1.21 bits per heavy atom. The maximum absolute atomic E-state index is 14.5. The van der Waals surface area contributed by atoms with Crippen molar-refractivity contribution in [2.45, 2.75) is 13.3 Å². The molecule has 0 aromatic heterocycles. The van der Waals surface area contributed by atoms with Crippen molar-refractivity contribution in [2.75, 3.05) is 26.4 Å². The zero-order valence-corrected chi connectivity index (χ0v) is 16.2. The summed E-state index contributed by atoms with van der Waals surface area (Å²) in [6.07, 6.45) is 2.10. The Morgan fingerprint density at radius 2 is 1.89 bits per heavy atom. The van der Waals surface area contributed by atoms with Gasteiger partial charge in [-0.2, -0.15) is 0 Å². The van der Waals surface area contributed by atoms with E-state index in [0.29, 0.717) is 12.1 Å². The van der Waals surface area contributed by atoms with Crippen molar-refractivity contribution >= 4 is 17.7 Å². The number of hydrogen-bond acceptors (Lipinski definition) is 5. The van der Waals surface area contributed by atoms with Gasteiger partial charge in [-0.25, -0.2) is 8.78 Å². The second-order valence-electron chi connectivity index (χ2n) is 5.60. The van der Waals surface area contributed by atoms with Crippen LogP contribution in [-0.4, -0.2) is 26.6 Å². The van der Waals surface area contributed by atoms with Gasteiger partial charge in [-0.3, -0.25) is 4.79 Å². The standard InChI is InChI=1S/C19H21F2N3O2.CH5N/c1-3-9-24-19(25)14(22)10-11-7-8-13(20)16(18(11)23)12-5-4-6-15(26-2)17(12)21;1-2/h4-8,10H,3,9,22-23H2,1-2H3,(H,24,25);2H2,1H3/b14-10-;. The van der Waals surface area contributed by atoms with Crippen molar-refractivity contribution in [3.8, 4) is 16.9 Å². The number of amides is 1. The van der Waals surface area contributed by atoms with Gasteiger partial charge in [0.2, 0.25) is 0 Å². The van der Waals surface area contributed by atoms with Gasteiger partial charge >= 0.3 is 0 Å². The summed E-state index contributed by atoms with van der Waals surface area (Å²) < 4.78 is 33.8. The van der Waals surface area contributed by atoms with E-state index >= 15 is 0 Å². The van der Waals surface area contributed by atoms with E-state index in [1.54, 1.807) is 0 Å². The molecule has 0 aliphatic carbocycles. The number of rotatable bonds is 6. The molecular weight excluding hydrogens is 366 g/mol. The molecule has 0 fully saturated rings. The Kier molecular flexibility index (Phi) is 8.90. The molecule has 28 heavy (non-hydrogen) atoms. The quantitative estimate of drug-likeness (QED) is 0.445. The predicted octanol–water partition coefficient (Wildman–Crippen LogP) is 2.62. The molecule has 0 bridgehead atoms. The number of carbonyl (C=O) groups is 1. The van der Waals surface area contributed by atoms with Crippen LogP contribution in [0.3, 0.4) is 0 Å². The molecule has 2 aromatic rings. The van der Waals surface area contributed by atoms with Gasteiger partial charge in [-0.1, -0.05) is 19.1 Å². The zero-order valence-electron chi connectivity index (χ0n) is 16.2. The number of halogens is 2. The topological polar surface area (TPSA) is 116 Å². The number of methoxy groups -OCH3 is 1. The van der Waals surface area contributed by atoms with Crippen molar-refractivity contribution in [3.63, 3.8) is 0 Å². The van der Waals surface area contributed by atoms with Crippen molar-refractivity contribution < 1.29 is 18.3 Å². The molecule has 2 aromatic carbocycles. The Hall–Kier alpha value is -3.13. The van der Waals surface area contributed by atoms with Crippen LogP contribution in [-0.2, 0) is 4.79 Å². The van der Waals surface area contributed by atoms with Crippen LogP contribution in [0.4, 0.5) is 14.5 Å². The molecule has 0 unspecified atom stereocenters. The fourth-order valence-corrected chi connectivity index (χ4v) is 2.44. The second kappa shape index (κ2) is 10.9. The smallest absolute Gasteiger partial charge is 0.267 e.